The normalized spacial score (nSPS) is 10.9. The molecule has 1 rings (SSSR count). The van der Waals surface area contributed by atoms with Crippen molar-refractivity contribution in [1.29, 1.82) is 0 Å². The van der Waals surface area contributed by atoms with E-state index < -0.39 is 0 Å². The topological polar surface area (TPSA) is 26.2 Å². The third-order valence-corrected chi connectivity index (χ3v) is 3.16. The first-order valence-corrected chi connectivity index (χ1v) is 7.10. The highest BCUT2D eigenvalue weighted by Crippen LogP contribution is 2.05. The average Bonchev–Trinajstić information content (AvgIpc) is 2.73. The van der Waals surface area contributed by atoms with Crippen molar-refractivity contribution in [2.24, 2.45) is 0 Å². The number of aryl methyl sites for hydroxylation is 1. The van der Waals surface area contributed by atoms with Crippen LogP contribution in [0.25, 0.3) is 0 Å². The van der Waals surface area contributed by atoms with E-state index >= 15 is 0 Å². The van der Waals surface area contributed by atoms with Gasteiger partial charge in [0.05, 0.1) is 6.61 Å². The van der Waals surface area contributed by atoms with Crippen molar-refractivity contribution >= 4 is 11.8 Å². The van der Waals surface area contributed by atoms with Crippen LogP contribution in [-0.4, -0.2) is 36.8 Å². The second-order valence-corrected chi connectivity index (χ2v) is 4.69. The molecule has 1 aromatic heterocycles. The largest absolute Gasteiger partial charge is 0.383 e. The molecule has 0 aliphatic rings. The number of thioether (sulfide) groups is 1. The number of ether oxygens (including phenoxy) is 1. The molecule has 0 bridgehead atoms. The van der Waals surface area contributed by atoms with Crippen LogP contribution < -0.4 is 5.32 Å². The van der Waals surface area contributed by atoms with Crippen LogP contribution in [0.2, 0.25) is 0 Å². The van der Waals surface area contributed by atoms with Gasteiger partial charge in [0, 0.05) is 38.6 Å². The molecule has 0 aliphatic heterocycles. The Hall–Kier alpha value is -0.450. The maximum atomic E-state index is 5.00. The van der Waals surface area contributed by atoms with Gasteiger partial charge >= 0.3 is 0 Å². The molecule has 0 aliphatic carbocycles. The van der Waals surface area contributed by atoms with Crippen LogP contribution in [0.4, 0.5) is 0 Å². The van der Waals surface area contributed by atoms with Crippen LogP contribution in [0, 0.1) is 0 Å². The predicted octanol–water partition coefficient (Wildman–Crippen LogP) is 1.98. The SMILES string of the molecule is COCCNCc1cccn1CCCSC. The number of hydrogen-bond acceptors (Lipinski definition) is 3. The summed E-state index contributed by atoms with van der Waals surface area (Å²) < 4.78 is 7.33. The fraction of sp³-hybridized carbons (Fsp3) is 0.667. The van der Waals surface area contributed by atoms with Crippen LogP contribution in [0.5, 0.6) is 0 Å². The molecule has 3 nitrogen and oxygen atoms in total. The third kappa shape index (κ3) is 5.05. The number of hydrogen-bond donors (Lipinski definition) is 1. The fourth-order valence-corrected chi connectivity index (χ4v) is 2.02. The standard InChI is InChI=1S/C12H22N2OS/c1-15-9-6-13-11-12-5-3-7-14(12)8-4-10-16-2/h3,5,7,13H,4,6,8-11H2,1-2H3. The van der Waals surface area contributed by atoms with E-state index in [1.165, 1.54) is 17.9 Å². The Bertz CT molecular complexity index is 276. The van der Waals surface area contributed by atoms with Gasteiger partial charge < -0.3 is 14.6 Å². The Labute approximate surface area is 103 Å². The van der Waals surface area contributed by atoms with Crippen LogP contribution in [0.1, 0.15) is 12.1 Å². The highest BCUT2D eigenvalue weighted by Gasteiger charge is 1.99. The van der Waals surface area contributed by atoms with Gasteiger partial charge in [-0.2, -0.15) is 11.8 Å². The molecule has 0 saturated heterocycles. The molecule has 0 spiro atoms. The smallest absolute Gasteiger partial charge is 0.0587 e. The summed E-state index contributed by atoms with van der Waals surface area (Å²) in [5.41, 5.74) is 1.36. The Morgan fingerprint density at radius 2 is 2.38 bits per heavy atom. The van der Waals surface area contributed by atoms with Crippen LogP contribution >= 0.6 is 11.8 Å². The lowest BCUT2D eigenvalue weighted by molar-refractivity contribution is 0.199. The van der Waals surface area contributed by atoms with E-state index in [1.807, 2.05) is 11.8 Å². The minimum Gasteiger partial charge on any atom is -0.383 e. The maximum Gasteiger partial charge on any atom is 0.0587 e. The van der Waals surface area contributed by atoms with Gasteiger partial charge in [-0.25, -0.2) is 0 Å². The van der Waals surface area contributed by atoms with Gasteiger partial charge in [-0.05, 0) is 30.6 Å². The van der Waals surface area contributed by atoms with Crippen LogP contribution in [0.3, 0.4) is 0 Å². The molecular formula is C12H22N2OS. The Kier molecular flexibility index (Phi) is 7.38. The molecule has 0 atom stereocenters. The van der Waals surface area contributed by atoms with Crippen molar-refractivity contribution in [1.82, 2.24) is 9.88 Å². The number of nitrogens with zero attached hydrogens (tertiary/aromatic N) is 1. The van der Waals surface area contributed by atoms with Crippen LogP contribution in [-0.2, 0) is 17.8 Å². The molecule has 0 fully saturated rings. The summed E-state index contributed by atoms with van der Waals surface area (Å²) in [5, 5.41) is 3.37. The summed E-state index contributed by atoms with van der Waals surface area (Å²) in [6, 6.07) is 4.30. The zero-order chi connectivity index (χ0) is 11.6. The molecule has 0 aromatic carbocycles. The Balaban J connectivity index is 2.26. The summed E-state index contributed by atoms with van der Waals surface area (Å²) in [5.74, 6) is 1.23. The molecule has 1 heterocycles. The second kappa shape index (κ2) is 8.67. The van der Waals surface area contributed by atoms with Gasteiger partial charge in [0.2, 0.25) is 0 Å². The fourth-order valence-electron chi connectivity index (χ4n) is 1.60. The summed E-state index contributed by atoms with van der Waals surface area (Å²) in [6.07, 6.45) is 5.55. The highest BCUT2D eigenvalue weighted by molar-refractivity contribution is 7.98. The van der Waals surface area contributed by atoms with Gasteiger partial charge in [-0.15, -0.1) is 0 Å². The monoisotopic (exact) mass is 242 g/mol. The Morgan fingerprint density at radius 3 is 3.12 bits per heavy atom. The second-order valence-electron chi connectivity index (χ2n) is 3.71. The molecule has 4 heteroatoms. The summed E-state index contributed by atoms with van der Waals surface area (Å²) >= 11 is 1.91. The van der Waals surface area contributed by atoms with E-state index in [1.54, 1.807) is 7.11 Å². The molecule has 16 heavy (non-hydrogen) atoms. The van der Waals surface area contributed by atoms with E-state index in [9.17, 15) is 0 Å². The first-order valence-electron chi connectivity index (χ1n) is 5.71. The zero-order valence-corrected chi connectivity index (χ0v) is 11.1. The number of aromatic nitrogens is 1. The maximum absolute atomic E-state index is 5.00. The molecule has 1 aromatic rings. The molecule has 0 unspecified atom stereocenters. The van der Waals surface area contributed by atoms with Crippen LogP contribution in [0.15, 0.2) is 18.3 Å². The average molecular weight is 242 g/mol. The number of rotatable bonds is 9. The van der Waals surface area contributed by atoms with Gasteiger partial charge in [0.15, 0.2) is 0 Å². The van der Waals surface area contributed by atoms with E-state index in [0.29, 0.717) is 0 Å². The molecule has 0 radical (unpaired) electrons. The van der Waals surface area contributed by atoms with Gasteiger partial charge in [0.25, 0.3) is 0 Å². The molecule has 1 N–H and O–H groups in total. The van der Waals surface area contributed by atoms with Gasteiger partial charge in [-0.1, -0.05) is 0 Å². The molecular weight excluding hydrogens is 220 g/mol. The van der Waals surface area contributed by atoms with E-state index in [0.717, 1.165) is 26.2 Å². The van der Waals surface area contributed by atoms with Crippen molar-refractivity contribution < 1.29 is 4.74 Å². The lowest BCUT2D eigenvalue weighted by Crippen LogP contribution is -2.20. The number of methoxy groups -OCH3 is 1. The minimum absolute atomic E-state index is 0.771. The van der Waals surface area contributed by atoms with Crippen molar-refractivity contribution in [3.05, 3.63) is 24.0 Å². The van der Waals surface area contributed by atoms with E-state index in [2.05, 4.69) is 34.5 Å². The highest BCUT2D eigenvalue weighted by atomic mass is 32.2. The molecule has 0 amide bonds. The molecule has 92 valence electrons. The van der Waals surface area contributed by atoms with Gasteiger partial charge in [0.1, 0.15) is 0 Å². The predicted molar refractivity (Wildman–Crippen MR) is 71.0 cm³/mol. The van der Waals surface area contributed by atoms with Crippen molar-refractivity contribution in [2.45, 2.75) is 19.5 Å². The van der Waals surface area contributed by atoms with E-state index in [-0.39, 0.29) is 0 Å². The summed E-state index contributed by atoms with van der Waals surface area (Å²) in [7, 11) is 1.73. The first kappa shape index (κ1) is 13.6. The lowest BCUT2D eigenvalue weighted by atomic mass is 10.4. The Morgan fingerprint density at radius 1 is 1.50 bits per heavy atom. The number of nitrogens with one attached hydrogen (secondary N) is 1. The molecule has 0 saturated carbocycles. The van der Waals surface area contributed by atoms with E-state index in [4.69, 9.17) is 4.74 Å². The first-order chi connectivity index (χ1) is 7.88. The zero-order valence-electron chi connectivity index (χ0n) is 10.2. The van der Waals surface area contributed by atoms with Crippen molar-refractivity contribution in [2.75, 3.05) is 32.3 Å². The summed E-state index contributed by atoms with van der Waals surface area (Å²) in [6.45, 7) is 3.73. The van der Waals surface area contributed by atoms with Crippen molar-refractivity contribution in [3.63, 3.8) is 0 Å². The lowest BCUT2D eigenvalue weighted by Gasteiger charge is -2.09. The quantitative estimate of drug-likeness (QED) is 0.671. The van der Waals surface area contributed by atoms with Crippen molar-refractivity contribution in [3.8, 4) is 0 Å². The minimum atomic E-state index is 0.771. The third-order valence-electron chi connectivity index (χ3n) is 2.46. The van der Waals surface area contributed by atoms with Gasteiger partial charge in [-0.3, -0.25) is 0 Å². The summed E-state index contributed by atoms with van der Waals surface area (Å²) in [4.78, 5) is 0.